The summed E-state index contributed by atoms with van der Waals surface area (Å²) in [6, 6.07) is -0.00787. The van der Waals surface area contributed by atoms with Crippen LogP contribution >= 0.6 is 0 Å². The smallest absolute Gasteiger partial charge is 0.393 e. The molecule has 7 nitrogen and oxygen atoms in total. The quantitative estimate of drug-likeness (QED) is 0.647. The molecule has 0 aromatic carbocycles. The van der Waals surface area contributed by atoms with Crippen LogP contribution in [0.25, 0.3) is 0 Å². The predicted molar refractivity (Wildman–Crippen MR) is 81.3 cm³/mol. The number of rotatable bonds is 5. The topological polar surface area (TPSA) is 113 Å². The van der Waals surface area contributed by atoms with Gasteiger partial charge < -0.3 is 21.5 Å². The van der Waals surface area contributed by atoms with Crippen LogP contribution in [0.5, 0.6) is 0 Å². The second kappa shape index (κ2) is 7.04. The van der Waals surface area contributed by atoms with Gasteiger partial charge >= 0.3 is 6.18 Å². The molecule has 132 valence electrons. The molecule has 1 amide bonds. The number of nitrogens with two attached hydrogens (primary N) is 1. The van der Waals surface area contributed by atoms with E-state index in [9.17, 15) is 23.1 Å². The molecule has 0 radical (unpaired) electrons. The number of hydrogen-bond donors (Lipinski definition) is 4. The van der Waals surface area contributed by atoms with Crippen LogP contribution in [0.3, 0.4) is 0 Å². The molecule has 0 unspecified atom stereocenters. The molecular weight excluding hydrogens is 327 g/mol. The van der Waals surface area contributed by atoms with Gasteiger partial charge in [-0.25, -0.2) is 4.98 Å². The Balaban J connectivity index is 2.18. The summed E-state index contributed by atoms with van der Waals surface area (Å²) in [5, 5.41) is 14.4. The number of aromatic nitrogens is 2. The van der Waals surface area contributed by atoms with Crippen LogP contribution in [-0.4, -0.2) is 39.3 Å². The van der Waals surface area contributed by atoms with Gasteiger partial charge in [-0.1, -0.05) is 6.58 Å². The highest BCUT2D eigenvalue weighted by Gasteiger charge is 2.33. The van der Waals surface area contributed by atoms with E-state index in [0.717, 1.165) is 6.20 Å². The fourth-order valence-corrected chi connectivity index (χ4v) is 2.34. The number of hydrogen-bond acceptors (Lipinski definition) is 6. The molecule has 10 heteroatoms. The summed E-state index contributed by atoms with van der Waals surface area (Å²) in [6.45, 7) is 2.88. The van der Waals surface area contributed by atoms with Gasteiger partial charge in [0.05, 0.1) is 6.10 Å². The molecule has 1 saturated carbocycles. The molecule has 1 aromatic heterocycles. The lowest BCUT2D eigenvalue weighted by Crippen LogP contribution is -2.29. The van der Waals surface area contributed by atoms with Gasteiger partial charge in [-0.3, -0.25) is 4.79 Å². The third-order valence-corrected chi connectivity index (χ3v) is 3.70. The molecular formula is C14H18F3N5O2. The Bertz CT molecular complexity index is 627. The molecule has 1 aliphatic carbocycles. The van der Waals surface area contributed by atoms with Crippen LogP contribution in [0.4, 0.5) is 24.9 Å². The number of halogens is 3. The van der Waals surface area contributed by atoms with Crippen molar-refractivity contribution in [2.24, 2.45) is 5.73 Å². The summed E-state index contributed by atoms with van der Waals surface area (Å²) in [6.07, 6.45) is -1.37. The Morgan fingerprint density at radius 2 is 1.96 bits per heavy atom. The van der Waals surface area contributed by atoms with Crippen molar-refractivity contribution in [2.45, 2.75) is 44.0 Å². The zero-order valence-electron chi connectivity index (χ0n) is 12.7. The number of carbonyl (C=O) groups is 1. The van der Waals surface area contributed by atoms with E-state index in [-0.39, 0.29) is 29.5 Å². The second-order valence-electron chi connectivity index (χ2n) is 5.57. The van der Waals surface area contributed by atoms with Crippen molar-refractivity contribution in [3.05, 3.63) is 24.0 Å². The number of nitrogens with zero attached hydrogens (tertiary/aromatic N) is 2. The Kier molecular flexibility index (Phi) is 5.27. The number of aliphatic hydroxyl groups is 1. The van der Waals surface area contributed by atoms with Crippen LogP contribution in [0, 0.1) is 0 Å². The molecule has 0 saturated heterocycles. The number of anilines is 2. The van der Waals surface area contributed by atoms with Gasteiger partial charge in [0, 0.05) is 12.2 Å². The molecule has 1 aliphatic rings. The molecule has 2 rings (SSSR count). The van der Waals surface area contributed by atoms with Crippen molar-refractivity contribution >= 4 is 17.7 Å². The highest BCUT2D eigenvalue weighted by atomic mass is 19.4. The first-order valence-corrected chi connectivity index (χ1v) is 7.31. The summed E-state index contributed by atoms with van der Waals surface area (Å²) in [4.78, 5) is 19.1. The third-order valence-electron chi connectivity index (χ3n) is 3.70. The predicted octanol–water partition coefficient (Wildman–Crippen LogP) is 1.78. The average molecular weight is 345 g/mol. The molecule has 0 bridgehead atoms. The summed E-state index contributed by atoms with van der Waals surface area (Å²) in [5.41, 5.74) is 3.59. The molecule has 5 N–H and O–H groups in total. The number of amides is 1. The summed E-state index contributed by atoms with van der Waals surface area (Å²) in [7, 11) is 0. The fourth-order valence-electron chi connectivity index (χ4n) is 2.34. The van der Waals surface area contributed by atoms with Crippen LogP contribution in [-0.2, 0) is 0 Å². The first kappa shape index (κ1) is 18.0. The van der Waals surface area contributed by atoms with Crippen LogP contribution in [0.1, 0.15) is 36.0 Å². The van der Waals surface area contributed by atoms with E-state index in [1.54, 1.807) is 0 Å². The maximum atomic E-state index is 12.6. The summed E-state index contributed by atoms with van der Waals surface area (Å²) >= 11 is 0. The van der Waals surface area contributed by atoms with Gasteiger partial charge in [0.1, 0.15) is 17.1 Å². The third kappa shape index (κ3) is 4.57. The van der Waals surface area contributed by atoms with Gasteiger partial charge in [0.2, 0.25) is 5.95 Å². The fraction of sp³-hybridized carbons (Fsp3) is 0.500. The summed E-state index contributed by atoms with van der Waals surface area (Å²) in [5.74, 6) is -1.25. The van der Waals surface area contributed by atoms with Crippen molar-refractivity contribution in [3.8, 4) is 0 Å². The lowest BCUT2D eigenvalue weighted by molar-refractivity contribution is -0.0899. The monoisotopic (exact) mass is 345 g/mol. The van der Waals surface area contributed by atoms with E-state index < -0.39 is 17.8 Å². The summed E-state index contributed by atoms with van der Waals surface area (Å²) < 4.78 is 37.8. The maximum absolute atomic E-state index is 12.6. The normalized spacial score (nSPS) is 21.2. The number of nitrogens with one attached hydrogen (secondary N) is 2. The molecule has 1 aromatic rings. The van der Waals surface area contributed by atoms with Crippen LogP contribution < -0.4 is 16.4 Å². The van der Waals surface area contributed by atoms with Crippen molar-refractivity contribution in [1.82, 2.24) is 9.97 Å². The average Bonchev–Trinajstić information content (AvgIpc) is 2.48. The van der Waals surface area contributed by atoms with Gasteiger partial charge in [0.15, 0.2) is 0 Å². The first-order valence-electron chi connectivity index (χ1n) is 7.31. The largest absolute Gasteiger partial charge is 0.430 e. The lowest BCUT2D eigenvalue weighted by Gasteiger charge is -2.26. The minimum Gasteiger partial charge on any atom is -0.393 e. The van der Waals surface area contributed by atoms with Gasteiger partial charge in [-0.15, -0.1) is 0 Å². The Hall–Kier alpha value is -2.36. The Labute approximate surface area is 136 Å². The number of aliphatic hydroxyl groups excluding tert-OH is 1. The minimum atomic E-state index is -4.69. The van der Waals surface area contributed by atoms with E-state index >= 15 is 0 Å². The van der Waals surface area contributed by atoms with Gasteiger partial charge in [-0.2, -0.15) is 18.2 Å². The van der Waals surface area contributed by atoms with Gasteiger partial charge in [-0.05, 0) is 25.7 Å². The van der Waals surface area contributed by atoms with Crippen molar-refractivity contribution in [2.75, 3.05) is 10.6 Å². The lowest BCUT2D eigenvalue weighted by atomic mass is 9.93. The highest BCUT2D eigenvalue weighted by molar-refractivity contribution is 5.97. The van der Waals surface area contributed by atoms with E-state index in [4.69, 9.17) is 5.73 Å². The molecule has 0 spiro atoms. The van der Waals surface area contributed by atoms with E-state index in [1.165, 1.54) is 0 Å². The Morgan fingerprint density at radius 3 is 2.50 bits per heavy atom. The van der Waals surface area contributed by atoms with Crippen LogP contribution in [0.2, 0.25) is 0 Å². The number of primary amides is 1. The molecule has 1 heterocycles. The van der Waals surface area contributed by atoms with E-state index in [2.05, 4.69) is 21.9 Å². The minimum absolute atomic E-state index is 0.00787. The van der Waals surface area contributed by atoms with Crippen molar-refractivity contribution < 1.29 is 23.1 Å². The van der Waals surface area contributed by atoms with Crippen molar-refractivity contribution in [1.29, 1.82) is 0 Å². The number of allylic oxidation sites excluding steroid dienone is 1. The maximum Gasteiger partial charge on any atom is 0.430 e. The molecule has 1 fully saturated rings. The molecule has 24 heavy (non-hydrogen) atoms. The van der Waals surface area contributed by atoms with Gasteiger partial charge in [0.25, 0.3) is 5.91 Å². The Morgan fingerprint density at radius 1 is 1.33 bits per heavy atom. The highest BCUT2D eigenvalue weighted by Crippen LogP contribution is 2.27. The van der Waals surface area contributed by atoms with Crippen molar-refractivity contribution in [3.63, 3.8) is 0 Å². The number of carbonyl (C=O) groups excluding carboxylic acids is 1. The van der Waals surface area contributed by atoms with Crippen LogP contribution in [0.15, 0.2) is 18.5 Å². The standard InChI is InChI=1S/C14H18F3N5O2/c1-7(14(15,16)17)20-12-10(11(18)24)6-19-13(22-12)21-8-2-4-9(23)5-3-8/h6,8-9,23H,1-5H2,(H2,18,24)(H2,19,20,21,22). The zero-order valence-corrected chi connectivity index (χ0v) is 12.7. The second-order valence-corrected chi connectivity index (χ2v) is 5.57. The first-order chi connectivity index (χ1) is 11.2. The zero-order chi connectivity index (χ0) is 17.9. The number of alkyl halides is 3. The van der Waals surface area contributed by atoms with E-state index in [1.807, 2.05) is 5.32 Å². The van der Waals surface area contributed by atoms with E-state index in [0.29, 0.717) is 25.7 Å². The SMILES string of the molecule is C=C(Nc1nc(NC2CCC(O)CC2)ncc1C(N)=O)C(F)(F)F. The molecule has 0 aliphatic heterocycles. The molecule has 0 atom stereocenters.